The maximum absolute atomic E-state index is 13.3. The molecule has 37 heavy (non-hydrogen) atoms. The minimum atomic E-state index is -1.05. The predicted octanol–water partition coefficient (Wildman–Crippen LogP) is 3.57. The van der Waals surface area contributed by atoms with Crippen molar-refractivity contribution in [3.05, 3.63) is 86.9 Å². The van der Waals surface area contributed by atoms with Crippen molar-refractivity contribution in [1.82, 2.24) is 20.1 Å². The SMILES string of the molecule is C=C(CN1N=NC(c2ccc3nc4c(c(CC)c3c2)Cn2c-4cc3c(c2=O)COC(=C)C3O)N1)C(=O)Cl. The van der Waals surface area contributed by atoms with E-state index in [-0.39, 0.29) is 30.0 Å². The number of carbonyl (C=O) groups is 1. The Balaban J connectivity index is 1.40. The lowest BCUT2D eigenvalue weighted by Gasteiger charge is -2.24. The summed E-state index contributed by atoms with van der Waals surface area (Å²) in [5, 5.41) is 20.7. The van der Waals surface area contributed by atoms with E-state index in [4.69, 9.17) is 21.3 Å². The number of hydrogen-bond donors (Lipinski definition) is 2. The second-order valence-electron chi connectivity index (χ2n) is 9.23. The number of fused-ring (bicyclic) bond motifs is 5. The Bertz CT molecular complexity index is 1630. The lowest BCUT2D eigenvalue weighted by atomic mass is 9.96. The van der Waals surface area contributed by atoms with Crippen LogP contribution < -0.4 is 11.0 Å². The van der Waals surface area contributed by atoms with E-state index in [2.05, 4.69) is 35.8 Å². The van der Waals surface area contributed by atoms with Crippen LogP contribution in [0.25, 0.3) is 22.3 Å². The molecule has 6 rings (SSSR count). The molecule has 2 unspecified atom stereocenters. The lowest BCUT2D eigenvalue weighted by Crippen LogP contribution is -2.33. The number of carbonyl (C=O) groups excluding carboxylic acids is 1. The number of aromatic nitrogens is 2. The van der Waals surface area contributed by atoms with E-state index in [1.54, 1.807) is 4.57 Å². The Kier molecular flexibility index (Phi) is 5.48. The predicted molar refractivity (Wildman–Crippen MR) is 136 cm³/mol. The molecular formula is C26H23ClN6O4. The number of nitrogens with zero attached hydrogens (tertiary/aromatic N) is 5. The Morgan fingerprint density at radius 2 is 2.14 bits per heavy atom. The van der Waals surface area contributed by atoms with Crippen molar-refractivity contribution in [1.29, 1.82) is 0 Å². The quantitative estimate of drug-likeness (QED) is 0.306. The van der Waals surface area contributed by atoms with Gasteiger partial charge in [0.1, 0.15) is 18.5 Å². The normalized spacial score (nSPS) is 19.5. The number of hydrogen-bond acceptors (Lipinski definition) is 9. The van der Waals surface area contributed by atoms with Gasteiger partial charge in [0, 0.05) is 22.1 Å². The van der Waals surface area contributed by atoms with E-state index in [9.17, 15) is 14.7 Å². The third kappa shape index (κ3) is 3.67. The second-order valence-corrected chi connectivity index (χ2v) is 9.57. The molecule has 0 radical (unpaired) electrons. The van der Waals surface area contributed by atoms with Crippen LogP contribution in [0.5, 0.6) is 0 Å². The van der Waals surface area contributed by atoms with Crippen LogP contribution in [-0.4, -0.2) is 31.6 Å². The number of ether oxygens (including phenoxy) is 1. The first-order chi connectivity index (χ1) is 17.8. The van der Waals surface area contributed by atoms with Gasteiger partial charge in [-0.3, -0.25) is 9.59 Å². The van der Waals surface area contributed by atoms with Gasteiger partial charge in [-0.1, -0.05) is 31.4 Å². The Hall–Kier alpha value is -3.86. The number of aryl methyl sites for hydroxylation is 1. The van der Waals surface area contributed by atoms with Gasteiger partial charge in [-0.15, -0.1) is 5.11 Å². The molecule has 2 atom stereocenters. The first kappa shape index (κ1) is 23.5. The largest absolute Gasteiger partial charge is 0.491 e. The summed E-state index contributed by atoms with van der Waals surface area (Å²) in [6, 6.07) is 7.71. The second kappa shape index (κ2) is 8.62. The minimum Gasteiger partial charge on any atom is -0.491 e. The van der Waals surface area contributed by atoms with Crippen LogP contribution >= 0.6 is 11.6 Å². The number of aliphatic hydroxyl groups is 1. The highest BCUT2D eigenvalue weighted by Gasteiger charge is 2.32. The summed E-state index contributed by atoms with van der Waals surface area (Å²) in [5.41, 5.74) is 9.30. The van der Waals surface area contributed by atoms with Gasteiger partial charge in [-0.25, -0.2) is 10.1 Å². The summed E-state index contributed by atoms with van der Waals surface area (Å²) in [4.78, 5) is 29.6. The molecule has 5 heterocycles. The summed E-state index contributed by atoms with van der Waals surface area (Å²) in [7, 11) is 0. The Morgan fingerprint density at radius 3 is 2.89 bits per heavy atom. The highest BCUT2D eigenvalue weighted by Crippen LogP contribution is 2.39. The summed E-state index contributed by atoms with van der Waals surface area (Å²) in [6.07, 6.45) is -0.756. The van der Waals surface area contributed by atoms with Crippen LogP contribution in [0.1, 0.15) is 47.0 Å². The molecule has 3 aliphatic rings. The molecule has 0 spiro atoms. The topological polar surface area (TPSA) is 121 Å². The Labute approximate surface area is 216 Å². The lowest BCUT2D eigenvalue weighted by molar-refractivity contribution is -0.108. The van der Waals surface area contributed by atoms with E-state index in [0.717, 1.165) is 39.7 Å². The molecule has 3 aromatic rings. The van der Waals surface area contributed by atoms with Crippen LogP contribution in [0.4, 0.5) is 0 Å². The fraction of sp³-hybridized carbons (Fsp3) is 0.269. The maximum atomic E-state index is 13.3. The minimum absolute atomic E-state index is 0.0897. The number of hydrazine groups is 1. The molecule has 0 amide bonds. The zero-order chi connectivity index (χ0) is 26.0. The average molecular weight is 519 g/mol. The van der Waals surface area contributed by atoms with E-state index in [1.807, 2.05) is 24.3 Å². The average Bonchev–Trinajstić information content (AvgIpc) is 3.50. The molecule has 2 aromatic heterocycles. The first-order valence-electron chi connectivity index (χ1n) is 11.8. The third-order valence-electron chi connectivity index (χ3n) is 7.06. The summed E-state index contributed by atoms with van der Waals surface area (Å²) < 4.78 is 7.12. The van der Waals surface area contributed by atoms with Crippen LogP contribution in [-0.2, 0) is 29.1 Å². The van der Waals surface area contributed by atoms with Gasteiger partial charge in [0.25, 0.3) is 5.56 Å². The third-order valence-corrected chi connectivity index (χ3v) is 7.32. The van der Waals surface area contributed by atoms with Gasteiger partial charge in [0.2, 0.25) is 5.24 Å². The summed E-state index contributed by atoms with van der Waals surface area (Å²) in [5.74, 6) is 0.234. The van der Waals surface area contributed by atoms with E-state index in [1.165, 1.54) is 5.12 Å². The zero-order valence-electron chi connectivity index (χ0n) is 20.0. The number of pyridine rings is 2. The monoisotopic (exact) mass is 518 g/mol. The molecule has 0 saturated heterocycles. The highest BCUT2D eigenvalue weighted by atomic mass is 35.5. The maximum Gasteiger partial charge on any atom is 0.258 e. The van der Waals surface area contributed by atoms with Crippen molar-refractivity contribution in [3.63, 3.8) is 0 Å². The van der Waals surface area contributed by atoms with Crippen LogP contribution in [0.2, 0.25) is 0 Å². The number of aliphatic hydroxyl groups excluding tert-OH is 1. The molecule has 10 nitrogen and oxygen atoms in total. The smallest absolute Gasteiger partial charge is 0.258 e. The molecule has 3 aliphatic heterocycles. The number of halogens is 1. The molecule has 1 aromatic carbocycles. The van der Waals surface area contributed by atoms with Crippen molar-refractivity contribution in [2.75, 3.05) is 6.54 Å². The van der Waals surface area contributed by atoms with Gasteiger partial charge >= 0.3 is 0 Å². The van der Waals surface area contributed by atoms with Gasteiger partial charge in [0.05, 0.1) is 35.6 Å². The van der Waals surface area contributed by atoms with Crippen LogP contribution in [0.15, 0.2) is 63.9 Å². The standard InChI is InChI=1S/C26H23ClN6O4/c1-4-15-16-7-14(25-29-31-33(30-25)9-12(2)24(27)35)5-6-20(16)28-22-18(15)10-32-21(22)8-17-19(26(32)36)11-37-13(3)23(17)34/h5-8,23,25,30,34H,2-4,9-11H2,1H3. The molecule has 0 bridgehead atoms. The van der Waals surface area contributed by atoms with Crippen LogP contribution in [0, 0.1) is 0 Å². The van der Waals surface area contributed by atoms with Crippen molar-refractivity contribution in [3.8, 4) is 11.4 Å². The van der Waals surface area contributed by atoms with E-state index in [0.29, 0.717) is 23.4 Å². The molecule has 2 N–H and O–H groups in total. The van der Waals surface area contributed by atoms with E-state index >= 15 is 0 Å². The number of rotatable bonds is 5. The van der Waals surface area contributed by atoms with Crippen molar-refractivity contribution in [2.24, 2.45) is 10.3 Å². The Morgan fingerprint density at radius 1 is 1.32 bits per heavy atom. The van der Waals surface area contributed by atoms with Crippen molar-refractivity contribution in [2.45, 2.75) is 38.8 Å². The molecule has 0 fully saturated rings. The zero-order valence-corrected chi connectivity index (χ0v) is 20.7. The molecular weight excluding hydrogens is 496 g/mol. The fourth-order valence-electron chi connectivity index (χ4n) is 5.14. The van der Waals surface area contributed by atoms with Crippen molar-refractivity contribution < 1.29 is 14.6 Å². The van der Waals surface area contributed by atoms with Crippen molar-refractivity contribution >= 4 is 27.7 Å². The highest BCUT2D eigenvalue weighted by molar-refractivity contribution is 6.67. The van der Waals surface area contributed by atoms with Gasteiger partial charge in [0.15, 0.2) is 6.17 Å². The van der Waals surface area contributed by atoms with Gasteiger partial charge in [-0.2, -0.15) is 5.43 Å². The van der Waals surface area contributed by atoms with E-state index < -0.39 is 17.5 Å². The van der Waals surface area contributed by atoms with Gasteiger partial charge in [-0.05, 0) is 47.3 Å². The van der Waals surface area contributed by atoms with Gasteiger partial charge < -0.3 is 14.4 Å². The molecule has 0 saturated carbocycles. The molecule has 188 valence electrons. The first-order valence-corrected chi connectivity index (χ1v) is 12.2. The molecule has 0 aliphatic carbocycles. The number of nitrogens with one attached hydrogen (secondary N) is 1. The van der Waals surface area contributed by atoms with Crippen LogP contribution in [0.3, 0.4) is 0 Å². The number of benzene rings is 1. The summed E-state index contributed by atoms with van der Waals surface area (Å²) in [6.45, 7) is 10.1. The summed E-state index contributed by atoms with van der Waals surface area (Å²) >= 11 is 5.48. The molecule has 11 heteroatoms. The fourth-order valence-corrected chi connectivity index (χ4v) is 5.20.